The Morgan fingerprint density at radius 3 is 2.71 bits per heavy atom. The zero-order valence-electron chi connectivity index (χ0n) is 10.0. The summed E-state index contributed by atoms with van der Waals surface area (Å²) in [5.74, 6) is -0.362. The fraction of sp³-hybridized carbons (Fsp3) is 0.538. The quantitative estimate of drug-likeness (QED) is 0.878. The van der Waals surface area contributed by atoms with Gasteiger partial charge in [-0.05, 0) is 49.5 Å². The highest BCUT2D eigenvalue weighted by molar-refractivity contribution is 6.30. The molecule has 94 valence electrons. The molecular weight excluding hydrogens is 239 g/mol. The number of nitrogens with zero attached hydrogens (tertiary/aromatic N) is 1. The van der Waals surface area contributed by atoms with E-state index in [1.165, 1.54) is 18.9 Å². The van der Waals surface area contributed by atoms with E-state index in [1.807, 2.05) is 0 Å². The molecule has 0 aromatic heterocycles. The molecule has 2 nitrogen and oxygen atoms in total. The fourth-order valence-electron chi connectivity index (χ4n) is 2.18. The Bertz CT molecular complexity index is 404. The normalized spacial score (nSPS) is 17.5. The highest BCUT2D eigenvalue weighted by atomic mass is 35.5. The standard InChI is InChI=1S/C13H18ClFN2/c1-17(9-13(8-16)4-5-13)7-10-2-3-12(15)11(14)6-10/h2-3,6H,4-5,7-9,16H2,1H3. The van der Waals surface area contributed by atoms with Crippen LogP contribution in [0.4, 0.5) is 4.39 Å². The first-order valence-electron chi connectivity index (χ1n) is 5.87. The first-order chi connectivity index (χ1) is 8.04. The monoisotopic (exact) mass is 256 g/mol. The molecule has 1 aromatic rings. The molecule has 0 unspecified atom stereocenters. The topological polar surface area (TPSA) is 29.3 Å². The molecule has 2 rings (SSSR count). The summed E-state index contributed by atoms with van der Waals surface area (Å²) >= 11 is 5.76. The largest absolute Gasteiger partial charge is 0.330 e. The number of hydrogen-bond acceptors (Lipinski definition) is 2. The lowest BCUT2D eigenvalue weighted by Gasteiger charge is -2.22. The number of hydrogen-bond donors (Lipinski definition) is 1. The third-order valence-corrected chi connectivity index (χ3v) is 3.72. The molecule has 0 heterocycles. The smallest absolute Gasteiger partial charge is 0.141 e. The van der Waals surface area contributed by atoms with Crippen molar-refractivity contribution in [2.45, 2.75) is 19.4 Å². The molecule has 0 saturated heterocycles. The number of rotatable bonds is 5. The Kier molecular flexibility index (Phi) is 3.71. The van der Waals surface area contributed by atoms with Crippen LogP contribution in [-0.2, 0) is 6.54 Å². The van der Waals surface area contributed by atoms with Gasteiger partial charge in [0.25, 0.3) is 0 Å². The van der Waals surface area contributed by atoms with E-state index in [2.05, 4.69) is 11.9 Å². The predicted octanol–water partition coefficient (Wildman–Crippen LogP) is 2.65. The molecule has 0 atom stereocenters. The molecule has 1 aliphatic carbocycles. The van der Waals surface area contributed by atoms with Gasteiger partial charge in [0, 0.05) is 13.1 Å². The van der Waals surface area contributed by atoms with Crippen LogP contribution in [0.15, 0.2) is 18.2 Å². The number of nitrogens with two attached hydrogens (primary N) is 1. The molecule has 17 heavy (non-hydrogen) atoms. The Morgan fingerprint density at radius 2 is 2.18 bits per heavy atom. The van der Waals surface area contributed by atoms with Crippen molar-refractivity contribution in [2.24, 2.45) is 11.1 Å². The first-order valence-corrected chi connectivity index (χ1v) is 6.25. The van der Waals surface area contributed by atoms with E-state index >= 15 is 0 Å². The maximum atomic E-state index is 13.0. The van der Waals surface area contributed by atoms with Crippen LogP contribution in [-0.4, -0.2) is 25.0 Å². The van der Waals surface area contributed by atoms with Crippen molar-refractivity contribution < 1.29 is 4.39 Å². The molecule has 1 aliphatic rings. The summed E-state index contributed by atoms with van der Waals surface area (Å²) in [4.78, 5) is 2.23. The van der Waals surface area contributed by atoms with Gasteiger partial charge < -0.3 is 10.6 Å². The lowest BCUT2D eigenvalue weighted by atomic mass is 10.1. The van der Waals surface area contributed by atoms with Crippen LogP contribution in [0.2, 0.25) is 5.02 Å². The summed E-state index contributed by atoms with van der Waals surface area (Å²) in [7, 11) is 2.06. The summed E-state index contributed by atoms with van der Waals surface area (Å²) in [6.45, 7) is 2.53. The van der Waals surface area contributed by atoms with Crippen LogP contribution in [0, 0.1) is 11.2 Å². The van der Waals surface area contributed by atoms with E-state index < -0.39 is 0 Å². The molecular formula is C13H18ClFN2. The third kappa shape index (κ3) is 3.18. The lowest BCUT2D eigenvalue weighted by Crippen LogP contribution is -2.31. The highest BCUT2D eigenvalue weighted by Gasteiger charge is 2.41. The summed E-state index contributed by atoms with van der Waals surface area (Å²) in [6, 6.07) is 4.89. The van der Waals surface area contributed by atoms with Crippen LogP contribution in [0.3, 0.4) is 0 Å². The second-order valence-electron chi connectivity index (χ2n) is 5.12. The average molecular weight is 257 g/mol. The molecule has 1 fully saturated rings. The van der Waals surface area contributed by atoms with Gasteiger partial charge in [-0.25, -0.2) is 4.39 Å². The van der Waals surface area contributed by atoms with Crippen molar-refractivity contribution in [3.8, 4) is 0 Å². The summed E-state index contributed by atoms with van der Waals surface area (Å²) < 4.78 is 13.0. The van der Waals surface area contributed by atoms with Crippen molar-refractivity contribution in [1.82, 2.24) is 4.90 Å². The number of halogens is 2. The van der Waals surface area contributed by atoms with Crippen LogP contribution >= 0.6 is 11.6 Å². The first kappa shape index (κ1) is 12.8. The zero-order chi connectivity index (χ0) is 12.5. The van der Waals surface area contributed by atoms with Gasteiger partial charge in [-0.1, -0.05) is 17.7 Å². The Hall–Kier alpha value is -0.640. The molecule has 2 N–H and O–H groups in total. The molecule has 4 heteroatoms. The van der Waals surface area contributed by atoms with Gasteiger partial charge in [0.05, 0.1) is 5.02 Å². The van der Waals surface area contributed by atoms with Crippen LogP contribution in [0.25, 0.3) is 0 Å². The van der Waals surface area contributed by atoms with Gasteiger partial charge >= 0.3 is 0 Å². The molecule has 0 bridgehead atoms. The SMILES string of the molecule is CN(Cc1ccc(F)c(Cl)c1)CC1(CN)CC1. The Morgan fingerprint density at radius 1 is 1.47 bits per heavy atom. The fourth-order valence-corrected chi connectivity index (χ4v) is 2.38. The second-order valence-corrected chi connectivity index (χ2v) is 5.53. The van der Waals surface area contributed by atoms with Crippen molar-refractivity contribution in [3.05, 3.63) is 34.6 Å². The maximum Gasteiger partial charge on any atom is 0.141 e. The van der Waals surface area contributed by atoms with E-state index in [1.54, 1.807) is 12.1 Å². The summed E-state index contributed by atoms with van der Waals surface area (Å²) in [5.41, 5.74) is 7.12. The minimum Gasteiger partial charge on any atom is -0.330 e. The van der Waals surface area contributed by atoms with Crippen molar-refractivity contribution in [3.63, 3.8) is 0 Å². The van der Waals surface area contributed by atoms with Gasteiger partial charge in [0.2, 0.25) is 0 Å². The van der Waals surface area contributed by atoms with E-state index in [0.717, 1.165) is 25.2 Å². The van der Waals surface area contributed by atoms with Gasteiger partial charge in [0.15, 0.2) is 0 Å². The maximum absolute atomic E-state index is 13.0. The molecule has 0 radical (unpaired) electrons. The van der Waals surface area contributed by atoms with Crippen molar-refractivity contribution in [2.75, 3.05) is 20.1 Å². The minimum absolute atomic E-state index is 0.191. The molecule has 0 aliphatic heterocycles. The summed E-state index contributed by atoms with van der Waals surface area (Å²) in [5, 5.41) is 0.191. The van der Waals surface area contributed by atoms with Crippen LogP contribution in [0.1, 0.15) is 18.4 Å². The Labute approximate surface area is 107 Å². The van der Waals surface area contributed by atoms with Gasteiger partial charge in [-0.2, -0.15) is 0 Å². The molecule has 0 spiro atoms. The van der Waals surface area contributed by atoms with Gasteiger partial charge in [-0.15, -0.1) is 0 Å². The summed E-state index contributed by atoms with van der Waals surface area (Å²) in [6.07, 6.45) is 2.44. The predicted molar refractivity (Wildman–Crippen MR) is 68.5 cm³/mol. The van der Waals surface area contributed by atoms with Crippen LogP contribution in [0.5, 0.6) is 0 Å². The van der Waals surface area contributed by atoms with Crippen LogP contribution < -0.4 is 5.73 Å². The van der Waals surface area contributed by atoms with E-state index in [4.69, 9.17) is 17.3 Å². The van der Waals surface area contributed by atoms with E-state index in [0.29, 0.717) is 5.41 Å². The highest BCUT2D eigenvalue weighted by Crippen LogP contribution is 2.45. The van der Waals surface area contributed by atoms with Gasteiger partial charge in [0.1, 0.15) is 5.82 Å². The van der Waals surface area contributed by atoms with Crippen molar-refractivity contribution >= 4 is 11.6 Å². The molecule has 1 aromatic carbocycles. The zero-order valence-corrected chi connectivity index (χ0v) is 10.8. The second kappa shape index (κ2) is 4.92. The third-order valence-electron chi connectivity index (χ3n) is 3.43. The number of benzene rings is 1. The van der Waals surface area contributed by atoms with E-state index in [9.17, 15) is 4.39 Å². The lowest BCUT2D eigenvalue weighted by molar-refractivity contribution is 0.259. The van der Waals surface area contributed by atoms with Gasteiger partial charge in [-0.3, -0.25) is 0 Å². The molecule has 1 saturated carbocycles. The average Bonchev–Trinajstić information content (AvgIpc) is 3.04. The van der Waals surface area contributed by atoms with E-state index in [-0.39, 0.29) is 10.8 Å². The minimum atomic E-state index is -0.362. The molecule has 0 amide bonds. The van der Waals surface area contributed by atoms with Crippen molar-refractivity contribution in [1.29, 1.82) is 0 Å². The Balaban J connectivity index is 1.93.